The highest BCUT2D eigenvalue weighted by atomic mass is 35.5. The molecule has 6 heteroatoms. The minimum atomic E-state index is -0.0729. The zero-order chi connectivity index (χ0) is 19.2. The molecule has 0 aromatic heterocycles. The van der Waals surface area contributed by atoms with Gasteiger partial charge in [-0.25, -0.2) is 4.79 Å². The largest absolute Gasteiger partial charge is 0.495 e. The Kier molecular flexibility index (Phi) is 6.58. The van der Waals surface area contributed by atoms with Gasteiger partial charge in [0.1, 0.15) is 5.75 Å². The van der Waals surface area contributed by atoms with Gasteiger partial charge in [0.15, 0.2) is 0 Å². The van der Waals surface area contributed by atoms with E-state index >= 15 is 0 Å². The highest BCUT2D eigenvalue weighted by Gasteiger charge is 2.21. The SMILES string of the molecule is COc1ccc(C)cc1NC(=O)N1CCN(CCc2ccc(Cl)cc2)CC1. The number of methoxy groups -OCH3 is 1. The van der Waals surface area contributed by atoms with Crippen molar-refractivity contribution in [3.8, 4) is 5.75 Å². The van der Waals surface area contributed by atoms with Crippen LogP contribution in [0.5, 0.6) is 5.75 Å². The smallest absolute Gasteiger partial charge is 0.322 e. The van der Waals surface area contributed by atoms with Crippen molar-refractivity contribution in [2.45, 2.75) is 13.3 Å². The number of aryl methyl sites for hydroxylation is 1. The Morgan fingerprint density at radius 2 is 1.81 bits per heavy atom. The van der Waals surface area contributed by atoms with Gasteiger partial charge < -0.3 is 15.0 Å². The first kappa shape index (κ1) is 19.5. The Balaban J connectivity index is 1.48. The van der Waals surface area contributed by atoms with Gasteiger partial charge in [-0.1, -0.05) is 29.8 Å². The number of piperazine rings is 1. The second-order valence-electron chi connectivity index (χ2n) is 6.84. The minimum Gasteiger partial charge on any atom is -0.495 e. The summed E-state index contributed by atoms with van der Waals surface area (Å²) in [5.74, 6) is 0.676. The quantitative estimate of drug-likeness (QED) is 0.841. The Hall–Kier alpha value is -2.24. The summed E-state index contributed by atoms with van der Waals surface area (Å²) in [5.41, 5.74) is 3.08. The molecule has 144 valence electrons. The minimum absolute atomic E-state index is 0.0729. The van der Waals surface area contributed by atoms with E-state index in [1.807, 2.05) is 42.2 Å². The van der Waals surface area contributed by atoms with Crippen molar-refractivity contribution in [2.75, 3.05) is 45.2 Å². The Labute approximate surface area is 165 Å². The number of urea groups is 1. The van der Waals surface area contributed by atoms with Crippen LogP contribution in [0.4, 0.5) is 10.5 Å². The van der Waals surface area contributed by atoms with Crippen molar-refractivity contribution in [3.63, 3.8) is 0 Å². The maximum Gasteiger partial charge on any atom is 0.322 e. The van der Waals surface area contributed by atoms with Crippen molar-refractivity contribution < 1.29 is 9.53 Å². The molecule has 0 atom stereocenters. The number of hydrogen-bond acceptors (Lipinski definition) is 3. The van der Waals surface area contributed by atoms with E-state index in [2.05, 4.69) is 22.3 Å². The molecule has 0 saturated carbocycles. The Bertz CT molecular complexity index is 771. The van der Waals surface area contributed by atoms with Gasteiger partial charge in [-0.15, -0.1) is 0 Å². The normalized spacial score (nSPS) is 14.9. The molecule has 1 N–H and O–H groups in total. The molecule has 0 bridgehead atoms. The molecule has 1 aliphatic heterocycles. The molecule has 1 aliphatic rings. The van der Waals surface area contributed by atoms with Crippen LogP contribution >= 0.6 is 11.6 Å². The first-order valence-electron chi connectivity index (χ1n) is 9.22. The van der Waals surface area contributed by atoms with Crippen molar-refractivity contribution in [1.82, 2.24) is 9.80 Å². The third-order valence-electron chi connectivity index (χ3n) is 4.89. The highest BCUT2D eigenvalue weighted by molar-refractivity contribution is 6.30. The number of anilines is 1. The van der Waals surface area contributed by atoms with Crippen LogP contribution in [0.1, 0.15) is 11.1 Å². The molecule has 0 aliphatic carbocycles. The molecule has 27 heavy (non-hydrogen) atoms. The fourth-order valence-electron chi connectivity index (χ4n) is 3.23. The number of halogens is 1. The molecule has 1 fully saturated rings. The van der Waals surface area contributed by atoms with Crippen LogP contribution in [0.2, 0.25) is 5.02 Å². The van der Waals surface area contributed by atoms with Crippen molar-refractivity contribution in [1.29, 1.82) is 0 Å². The Morgan fingerprint density at radius 1 is 1.11 bits per heavy atom. The average molecular weight is 388 g/mol. The molecule has 5 nitrogen and oxygen atoms in total. The van der Waals surface area contributed by atoms with E-state index in [1.165, 1.54) is 5.56 Å². The first-order valence-corrected chi connectivity index (χ1v) is 9.60. The number of amides is 2. The van der Waals surface area contributed by atoms with E-state index in [0.717, 1.165) is 49.7 Å². The number of hydrogen-bond donors (Lipinski definition) is 1. The van der Waals surface area contributed by atoms with Gasteiger partial charge in [0, 0.05) is 37.7 Å². The van der Waals surface area contributed by atoms with Crippen molar-refractivity contribution in [2.24, 2.45) is 0 Å². The van der Waals surface area contributed by atoms with Crippen molar-refractivity contribution in [3.05, 3.63) is 58.6 Å². The maximum absolute atomic E-state index is 12.6. The molecule has 1 heterocycles. The molecule has 0 spiro atoms. The van der Waals surface area contributed by atoms with E-state index in [0.29, 0.717) is 11.4 Å². The molecule has 3 rings (SSSR count). The number of ether oxygens (including phenoxy) is 1. The van der Waals surface area contributed by atoms with E-state index < -0.39 is 0 Å². The second kappa shape index (κ2) is 9.11. The van der Waals surface area contributed by atoms with Gasteiger partial charge in [-0.3, -0.25) is 4.90 Å². The molecule has 2 aromatic carbocycles. The molecule has 1 saturated heterocycles. The lowest BCUT2D eigenvalue weighted by Crippen LogP contribution is -2.50. The van der Waals surface area contributed by atoms with Gasteiger partial charge in [-0.2, -0.15) is 0 Å². The number of benzene rings is 2. The maximum atomic E-state index is 12.6. The van der Waals surface area contributed by atoms with Crippen LogP contribution in [0.3, 0.4) is 0 Å². The van der Waals surface area contributed by atoms with E-state index in [1.54, 1.807) is 7.11 Å². The summed E-state index contributed by atoms with van der Waals surface area (Å²) in [6.07, 6.45) is 0.990. The summed E-state index contributed by atoms with van der Waals surface area (Å²) in [7, 11) is 1.61. The Morgan fingerprint density at radius 3 is 2.48 bits per heavy atom. The van der Waals surface area contributed by atoms with Gasteiger partial charge >= 0.3 is 6.03 Å². The third kappa shape index (κ3) is 5.37. The fourth-order valence-corrected chi connectivity index (χ4v) is 3.35. The third-order valence-corrected chi connectivity index (χ3v) is 5.14. The topological polar surface area (TPSA) is 44.8 Å². The summed E-state index contributed by atoms with van der Waals surface area (Å²) in [6, 6.07) is 13.7. The van der Waals surface area contributed by atoms with Crippen LogP contribution in [-0.2, 0) is 6.42 Å². The summed E-state index contributed by atoms with van der Waals surface area (Å²) in [6.45, 7) is 6.19. The predicted molar refractivity (Wildman–Crippen MR) is 110 cm³/mol. The number of carbonyl (C=O) groups is 1. The van der Waals surface area contributed by atoms with Crippen LogP contribution in [0, 0.1) is 6.92 Å². The van der Waals surface area contributed by atoms with Crippen LogP contribution in [0.25, 0.3) is 0 Å². The lowest BCUT2D eigenvalue weighted by atomic mass is 10.1. The molecular formula is C21H26ClN3O2. The van der Waals surface area contributed by atoms with Gasteiger partial charge in [0.25, 0.3) is 0 Å². The molecule has 2 aromatic rings. The van der Waals surface area contributed by atoms with E-state index in [9.17, 15) is 4.79 Å². The lowest BCUT2D eigenvalue weighted by molar-refractivity contribution is 0.148. The molecule has 0 unspecified atom stereocenters. The predicted octanol–water partition coefficient (Wildman–Crippen LogP) is 4.05. The molecule has 2 amide bonds. The summed E-state index contributed by atoms with van der Waals surface area (Å²) in [4.78, 5) is 16.8. The number of nitrogens with zero attached hydrogens (tertiary/aromatic N) is 2. The average Bonchev–Trinajstić information content (AvgIpc) is 2.68. The van der Waals surface area contributed by atoms with Gasteiger partial charge in [0.05, 0.1) is 12.8 Å². The first-order chi connectivity index (χ1) is 13.0. The zero-order valence-electron chi connectivity index (χ0n) is 15.9. The van der Waals surface area contributed by atoms with Crippen LogP contribution < -0.4 is 10.1 Å². The standard InChI is InChI=1S/C21H26ClN3O2/c1-16-3-8-20(27-2)19(15-16)23-21(26)25-13-11-24(12-14-25)10-9-17-4-6-18(22)7-5-17/h3-8,15H,9-14H2,1-2H3,(H,23,26). The van der Waals surface area contributed by atoms with Crippen molar-refractivity contribution >= 4 is 23.3 Å². The summed E-state index contributed by atoms with van der Waals surface area (Å²) >= 11 is 5.93. The fraction of sp³-hybridized carbons (Fsp3) is 0.381. The van der Waals surface area contributed by atoms with Gasteiger partial charge in [0.2, 0.25) is 0 Å². The molecular weight excluding hydrogens is 362 g/mol. The van der Waals surface area contributed by atoms with Crippen LogP contribution in [0.15, 0.2) is 42.5 Å². The van der Waals surface area contributed by atoms with Gasteiger partial charge in [-0.05, 0) is 48.7 Å². The lowest BCUT2D eigenvalue weighted by Gasteiger charge is -2.34. The van der Waals surface area contributed by atoms with E-state index in [4.69, 9.17) is 16.3 Å². The van der Waals surface area contributed by atoms with Crippen LogP contribution in [-0.4, -0.2) is 55.7 Å². The number of rotatable bonds is 5. The number of nitrogens with one attached hydrogen (secondary N) is 1. The monoisotopic (exact) mass is 387 g/mol. The second-order valence-corrected chi connectivity index (χ2v) is 7.28. The zero-order valence-corrected chi connectivity index (χ0v) is 16.6. The summed E-state index contributed by atoms with van der Waals surface area (Å²) in [5, 5.41) is 3.75. The highest BCUT2D eigenvalue weighted by Crippen LogP contribution is 2.25. The summed E-state index contributed by atoms with van der Waals surface area (Å²) < 4.78 is 5.34. The number of carbonyl (C=O) groups excluding carboxylic acids is 1. The molecule has 0 radical (unpaired) electrons. The van der Waals surface area contributed by atoms with E-state index in [-0.39, 0.29) is 6.03 Å².